The third-order valence-corrected chi connectivity index (χ3v) is 20.5. The van der Waals surface area contributed by atoms with Crippen molar-refractivity contribution in [2.24, 2.45) is 0 Å². The van der Waals surface area contributed by atoms with E-state index in [4.69, 9.17) is 0 Å². The minimum atomic E-state index is -0.186. The van der Waals surface area contributed by atoms with Gasteiger partial charge in [0.05, 0.1) is 33.4 Å². The van der Waals surface area contributed by atoms with Gasteiger partial charge in [-0.15, -0.1) is 0 Å². The summed E-state index contributed by atoms with van der Waals surface area (Å²) in [4.78, 5) is 0. The van der Waals surface area contributed by atoms with E-state index in [0.29, 0.717) is 0 Å². The molecule has 2 nitrogen and oxygen atoms in total. The summed E-state index contributed by atoms with van der Waals surface area (Å²) in [7, 11) is 0. The van der Waals surface area contributed by atoms with Crippen molar-refractivity contribution in [1.82, 2.24) is 9.13 Å². The number of para-hydroxylation sites is 2. The van der Waals surface area contributed by atoms with E-state index in [1.807, 2.05) is 0 Å². The predicted octanol–water partition coefficient (Wildman–Crippen LogP) is 24.8. The van der Waals surface area contributed by atoms with Gasteiger partial charge >= 0.3 is 0 Å². The zero-order valence-electron chi connectivity index (χ0n) is 51.6. The predicted molar refractivity (Wildman–Crippen MR) is 399 cm³/mol. The number of rotatable bonds is 8. The van der Waals surface area contributed by atoms with Crippen LogP contribution in [0.25, 0.3) is 177 Å². The summed E-state index contributed by atoms with van der Waals surface area (Å²) in [5.74, 6) is 0. The first kappa shape index (κ1) is 53.0. The number of nitrogens with zero attached hydrogens (tertiary/aromatic N) is 2. The second kappa shape index (κ2) is 20.6. The lowest BCUT2D eigenvalue weighted by atomic mass is 9.81. The first-order valence-corrected chi connectivity index (χ1v) is 32.5. The summed E-state index contributed by atoms with van der Waals surface area (Å²) in [6, 6.07) is 113. The summed E-state index contributed by atoms with van der Waals surface area (Å²) >= 11 is 0. The SMILES string of the molecule is CC1(C)c2cc(C=Cc3ccc(-c4ccc5c(c4)c4ccccc4n5-c4cc5ccccc5c5ccccc45)c4ccccc34)ccc2-c2ccc(C=Cc3ccc(-c4ccc5c(c4)c4ccccc4n5-c4cc5ccccc5c5ccccc45)c4ccccc34)cc21. The van der Waals surface area contributed by atoms with E-state index in [2.05, 4.69) is 351 Å². The maximum atomic E-state index is 2.47. The van der Waals surface area contributed by atoms with Gasteiger partial charge in [0.25, 0.3) is 0 Å². The number of aromatic nitrogens is 2. The Labute approximate surface area is 539 Å². The number of fused-ring (bicyclic) bond motifs is 17. The van der Waals surface area contributed by atoms with Crippen LogP contribution in [0.15, 0.2) is 303 Å². The van der Waals surface area contributed by atoms with E-state index in [0.717, 1.165) is 0 Å². The summed E-state index contributed by atoms with van der Waals surface area (Å²) in [5.41, 5.74) is 22.0. The van der Waals surface area contributed by atoms with Crippen LogP contribution in [0.5, 0.6) is 0 Å². The van der Waals surface area contributed by atoms with Crippen molar-refractivity contribution in [1.29, 1.82) is 0 Å². The number of hydrogen-bond acceptors (Lipinski definition) is 0. The van der Waals surface area contributed by atoms with Crippen molar-refractivity contribution in [3.8, 4) is 44.8 Å². The van der Waals surface area contributed by atoms with Gasteiger partial charge in [-0.1, -0.05) is 293 Å². The van der Waals surface area contributed by atoms with E-state index < -0.39 is 0 Å². The van der Waals surface area contributed by atoms with Gasteiger partial charge in [0.2, 0.25) is 0 Å². The van der Waals surface area contributed by atoms with Crippen LogP contribution in [0.1, 0.15) is 47.2 Å². The maximum Gasteiger partial charge on any atom is 0.0546 e. The molecular weight excluding hydrogens is 1120 g/mol. The first-order chi connectivity index (χ1) is 45.9. The smallest absolute Gasteiger partial charge is 0.0546 e. The lowest BCUT2D eigenvalue weighted by molar-refractivity contribution is 0.660. The second-order valence-electron chi connectivity index (χ2n) is 25.9. The van der Waals surface area contributed by atoms with E-state index in [-0.39, 0.29) is 5.41 Å². The molecule has 0 unspecified atom stereocenters. The highest BCUT2D eigenvalue weighted by Gasteiger charge is 2.35. The van der Waals surface area contributed by atoms with Crippen molar-refractivity contribution >= 4 is 133 Å². The number of hydrogen-bond donors (Lipinski definition) is 0. The van der Waals surface area contributed by atoms with Gasteiger partial charge in [-0.05, 0) is 169 Å². The zero-order valence-corrected chi connectivity index (χ0v) is 51.6. The average Bonchev–Trinajstić information content (AvgIpc) is 1.69. The molecule has 16 aromatic carbocycles. The Bertz CT molecular complexity index is 5890. The Morgan fingerprint density at radius 3 is 1.02 bits per heavy atom. The zero-order chi connectivity index (χ0) is 61.5. The molecule has 0 bridgehead atoms. The molecule has 19 rings (SSSR count). The van der Waals surface area contributed by atoms with E-state index >= 15 is 0 Å². The third-order valence-electron chi connectivity index (χ3n) is 20.5. The fraction of sp³-hybridized carbons (Fsp3) is 0.0330. The molecule has 1 aliphatic carbocycles. The van der Waals surface area contributed by atoms with Gasteiger partial charge in [0.1, 0.15) is 0 Å². The van der Waals surface area contributed by atoms with Crippen LogP contribution in [0.2, 0.25) is 0 Å². The summed E-state index contributed by atoms with van der Waals surface area (Å²) in [6.45, 7) is 4.77. The van der Waals surface area contributed by atoms with Crippen LogP contribution in [0.4, 0.5) is 0 Å². The molecule has 0 amide bonds. The minimum Gasteiger partial charge on any atom is -0.309 e. The molecule has 0 radical (unpaired) electrons. The molecule has 2 heterocycles. The summed E-state index contributed by atoms with van der Waals surface area (Å²) in [5, 5.41) is 20.0. The molecule has 18 aromatic rings. The normalized spacial score (nSPS) is 13.1. The topological polar surface area (TPSA) is 9.86 Å². The van der Waals surface area contributed by atoms with Gasteiger partial charge in [-0.3, -0.25) is 0 Å². The van der Waals surface area contributed by atoms with Gasteiger partial charge < -0.3 is 9.13 Å². The summed E-state index contributed by atoms with van der Waals surface area (Å²) in [6.07, 6.45) is 9.21. The van der Waals surface area contributed by atoms with E-state index in [9.17, 15) is 0 Å². The monoisotopic (exact) mass is 1180 g/mol. The van der Waals surface area contributed by atoms with Crippen LogP contribution in [0.3, 0.4) is 0 Å². The standard InChI is InChI=1S/C91H60N2/c1-91(2)83-51-57(35-39-59-41-47-69(71-25-9-7-21-65(59)71)63-43-49-87-81(53-63)79-31-15-17-33-85(79)92(87)89-55-61-19-3-5-23-67(61)73-27-11-13-29-77(73)89)37-45-75(83)76-46-38-58(52-84(76)91)36-40-60-42-48-70(72-26-10-8-22-66(60)72)64-44-50-88-82(54-64)80-32-16-18-34-86(80)93(88)90-56-62-20-4-6-24-68(62)74-28-12-14-30-78(74)90/h3-56H,1-2H3. The van der Waals surface area contributed by atoms with Crippen molar-refractivity contribution in [3.63, 3.8) is 0 Å². The fourth-order valence-electron chi connectivity index (χ4n) is 16.0. The van der Waals surface area contributed by atoms with Crippen LogP contribution in [-0.4, -0.2) is 9.13 Å². The molecule has 0 N–H and O–H groups in total. The molecule has 0 saturated carbocycles. The van der Waals surface area contributed by atoms with Crippen LogP contribution in [0, 0.1) is 0 Å². The van der Waals surface area contributed by atoms with Crippen LogP contribution in [-0.2, 0) is 5.41 Å². The van der Waals surface area contributed by atoms with Crippen LogP contribution >= 0.6 is 0 Å². The largest absolute Gasteiger partial charge is 0.309 e. The molecule has 0 saturated heterocycles. The van der Waals surface area contributed by atoms with Crippen LogP contribution < -0.4 is 0 Å². The Morgan fingerprint density at radius 1 is 0.237 bits per heavy atom. The molecule has 93 heavy (non-hydrogen) atoms. The summed E-state index contributed by atoms with van der Waals surface area (Å²) < 4.78 is 4.95. The molecule has 0 atom stereocenters. The molecule has 0 spiro atoms. The minimum absolute atomic E-state index is 0.186. The molecule has 0 aliphatic heterocycles. The van der Waals surface area contributed by atoms with Crippen molar-refractivity contribution in [2.75, 3.05) is 0 Å². The van der Waals surface area contributed by atoms with Crippen molar-refractivity contribution < 1.29 is 0 Å². The fourth-order valence-corrected chi connectivity index (χ4v) is 16.0. The van der Waals surface area contributed by atoms with Gasteiger partial charge in [-0.25, -0.2) is 0 Å². The lowest BCUT2D eigenvalue weighted by Crippen LogP contribution is -2.15. The Kier molecular flexibility index (Phi) is 11.7. The molecule has 2 aromatic heterocycles. The van der Waals surface area contributed by atoms with E-state index in [1.54, 1.807) is 0 Å². The van der Waals surface area contributed by atoms with Crippen molar-refractivity contribution in [3.05, 3.63) is 337 Å². The Balaban J connectivity index is 0.612. The quantitative estimate of drug-likeness (QED) is 0.106. The molecule has 2 heteroatoms. The highest BCUT2D eigenvalue weighted by Crippen LogP contribution is 2.50. The molecule has 0 fully saturated rings. The lowest BCUT2D eigenvalue weighted by Gasteiger charge is -2.22. The highest BCUT2D eigenvalue weighted by molar-refractivity contribution is 6.18. The maximum absolute atomic E-state index is 2.47. The molecule has 434 valence electrons. The average molecular weight is 1180 g/mol. The first-order valence-electron chi connectivity index (χ1n) is 32.5. The third kappa shape index (κ3) is 8.21. The highest BCUT2D eigenvalue weighted by atomic mass is 15.0. The molecule has 1 aliphatic rings. The van der Waals surface area contributed by atoms with Crippen molar-refractivity contribution in [2.45, 2.75) is 19.3 Å². The Hall–Kier alpha value is -11.8. The van der Waals surface area contributed by atoms with Gasteiger partial charge in [0, 0.05) is 37.7 Å². The Morgan fingerprint density at radius 2 is 0.581 bits per heavy atom. The van der Waals surface area contributed by atoms with Gasteiger partial charge in [-0.2, -0.15) is 0 Å². The second-order valence-corrected chi connectivity index (χ2v) is 25.9. The van der Waals surface area contributed by atoms with E-state index in [1.165, 1.54) is 186 Å². The van der Waals surface area contributed by atoms with Gasteiger partial charge in [0.15, 0.2) is 0 Å². The molecular formula is C91H60N2. The number of benzene rings is 16.